The Balaban J connectivity index is 2.12. The predicted molar refractivity (Wildman–Crippen MR) is 112 cm³/mol. The lowest BCUT2D eigenvalue weighted by Crippen LogP contribution is -2.32. The summed E-state index contributed by atoms with van der Waals surface area (Å²) in [6, 6.07) is 1.72. The Morgan fingerprint density at radius 3 is 2.56 bits per heavy atom. The van der Waals surface area contributed by atoms with Gasteiger partial charge in [0.2, 0.25) is 0 Å². The molecule has 2 aromatic rings. The number of carbonyl (C=O) groups excluding carboxylic acids is 1. The fourth-order valence-corrected chi connectivity index (χ4v) is 5.30. The molecule has 0 aliphatic carbocycles. The monoisotopic (exact) mass is 498 g/mol. The van der Waals surface area contributed by atoms with Crippen molar-refractivity contribution in [3.8, 4) is 6.07 Å². The van der Waals surface area contributed by atoms with Crippen molar-refractivity contribution in [1.29, 1.82) is 5.26 Å². The first-order valence-electron chi connectivity index (χ1n) is 10.3. The Labute approximate surface area is 192 Å². The number of nitrogens with zero attached hydrogens (tertiary/aromatic N) is 6. The molecule has 1 aliphatic heterocycles. The Bertz CT molecular complexity index is 1220. The minimum Gasteiger partial charge on any atom is -0.479 e. The number of carboxylic acids is 1. The van der Waals surface area contributed by atoms with Crippen LogP contribution in [0.1, 0.15) is 51.3 Å². The number of rotatable bonds is 10. The minimum atomic E-state index is -4.38. The van der Waals surface area contributed by atoms with E-state index in [9.17, 15) is 29.3 Å². The van der Waals surface area contributed by atoms with Crippen LogP contribution in [0.25, 0.3) is 11.0 Å². The zero-order valence-corrected chi connectivity index (χ0v) is 19.5. The molecule has 3 unspecified atom stereocenters. The summed E-state index contributed by atoms with van der Waals surface area (Å²) in [5.74, 6) is -4.20. The van der Waals surface area contributed by atoms with Crippen molar-refractivity contribution >= 4 is 30.6 Å². The molecule has 0 saturated carbocycles. The number of esters is 1. The second-order valence-corrected chi connectivity index (χ2v) is 9.21. The molecular formula is C18H23N6O9P. The second-order valence-electron chi connectivity index (χ2n) is 7.12. The van der Waals surface area contributed by atoms with Gasteiger partial charge in [-0.3, -0.25) is 14.2 Å². The van der Waals surface area contributed by atoms with Crippen molar-refractivity contribution in [3.05, 3.63) is 16.0 Å². The van der Waals surface area contributed by atoms with Crippen LogP contribution < -0.4 is 5.56 Å². The SMILES string of the molecule is CCOP(=O)(OCC)C(C(=O)O)n1nc(C#N)c2nnn(C3CCC(COC(C)=O)O3)c(=O)c21. The van der Waals surface area contributed by atoms with Crippen molar-refractivity contribution in [2.45, 2.75) is 51.7 Å². The number of hydrogen-bond acceptors (Lipinski definition) is 12. The summed E-state index contributed by atoms with van der Waals surface area (Å²) in [4.78, 5) is 36.6. The van der Waals surface area contributed by atoms with E-state index in [1.165, 1.54) is 20.8 Å². The summed E-state index contributed by atoms with van der Waals surface area (Å²) in [5, 5.41) is 30.9. The zero-order valence-electron chi connectivity index (χ0n) is 18.6. The van der Waals surface area contributed by atoms with E-state index in [2.05, 4.69) is 15.4 Å². The topological polar surface area (TPSA) is 198 Å². The van der Waals surface area contributed by atoms with Gasteiger partial charge in [-0.2, -0.15) is 15.0 Å². The number of fused-ring (bicyclic) bond motifs is 1. The maximum absolute atomic E-state index is 13.4. The minimum absolute atomic E-state index is 0.0141. The van der Waals surface area contributed by atoms with Gasteiger partial charge in [-0.25, -0.2) is 9.48 Å². The normalized spacial score (nSPS) is 19.1. The van der Waals surface area contributed by atoms with Crippen LogP contribution in [0.3, 0.4) is 0 Å². The van der Waals surface area contributed by atoms with Crippen molar-refractivity contribution in [2.24, 2.45) is 0 Å². The van der Waals surface area contributed by atoms with Gasteiger partial charge in [-0.05, 0) is 26.7 Å². The lowest BCUT2D eigenvalue weighted by molar-refractivity contribution is -0.146. The summed E-state index contributed by atoms with van der Waals surface area (Å²) < 4.78 is 35.8. The number of ether oxygens (including phenoxy) is 2. The van der Waals surface area contributed by atoms with Gasteiger partial charge in [-0.15, -0.1) is 5.10 Å². The average molecular weight is 498 g/mol. The highest BCUT2D eigenvalue weighted by atomic mass is 31.2. The molecule has 0 radical (unpaired) electrons. The molecule has 2 aromatic heterocycles. The highest BCUT2D eigenvalue weighted by Gasteiger charge is 2.46. The lowest BCUT2D eigenvalue weighted by Gasteiger charge is -2.23. The van der Waals surface area contributed by atoms with Crippen LogP contribution in [-0.2, 0) is 32.7 Å². The molecule has 0 aromatic carbocycles. The van der Waals surface area contributed by atoms with Crippen molar-refractivity contribution < 1.29 is 37.8 Å². The first kappa shape index (κ1) is 25.4. The molecule has 3 heterocycles. The quantitative estimate of drug-likeness (QED) is 0.359. The molecule has 0 amide bonds. The largest absolute Gasteiger partial charge is 0.479 e. The third-order valence-electron chi connectivity index (χ3n) is 4.84. The van der Waals surface area contributed by atoms with Crippen molar-refractivity contribution in [3.63, 3.8) is 0 Å². The van der Waals surface area contributed by atoms with Crippen LogP contribution >= 0.6 is 7.60 Å². The lowest BCUT2D eigenvalue weighted by atomic mass is 10.2. The summed E-state index contributed by atoms with van der Waals surface area (Å²) in [7, 11) is -4.38. The van der Waals surface area contributed by atoms with Gasteiger partial charge in [0.05, 0.1) is 19.3 Å². The molecule has 15 nitrogen and oxygen atoms in total. The van der Waals surface area contributed by atoms with E-state index >= 15 is 0 Å². The first-order chi connectivity index (χ1) is 16.2. The molecule has 1 N–H and O–H groups in total. The van der Waals surface area contributed by atoms with Crippen LogP contribution in [0.15, 0.2) is 4.79 Å². The first-order valence-corrected chi connectivity index (χ1v) is 12.0. The number of aromatic nitrogens is 5. The van der Waals surface area contributed by atoms with Crippen molar-refractivity contribution in [2.75, 3.05) is 19.8 Å². The molecule has 184 valence electrons. The van der Waals surface area contributed by atoms with E-state index in [4.69, 9.17) is 18.5 Å². The van der Waals surface area contributed by atoms with E-state index in [0.29, 0.717) is 17.5 Å². The summed E-state index contributed by atoms with van der Waals surface area (Å²) >= 11 is 0. The van der Waals surface area contributed by atoms with E-state index in [0.717, 1.165) is 4.68 Å². The third kappa shape index (κ3) is 4.85. The Morgan fingerprint density at radius 1 is 1.32 bits per heavy atom. The Morgan fingerprint density at radius 2 is 2.00 bits per heavy atom. The summed E-state index contributed by atoms with van der Waals surface area (Å²) in [5.41, 5.74) is -1.96. The maximum atomic E-state index is 13.4. The number of aliphatic carboxylic acids is 1. The molecule has 3 rings (SSSR count). The van der Waals surface area contributed by atoms with Crippen LogP contribution in [0.4, 0.5) is 0 Å². The number of carboxylic acid groups (broad SMARTS) is 1. The van der Waals surface area contributed by atoms with E-state index in [1.54, 1.807) is 6.07 Å². The number of hydrogen-bond donors (Lipinski definition) is 1. The fourth-order valence-electron chi connectivity index (χ4n) is 3.51. The number of nitriles is 1. The van der Waals surface area contributed by atoms with Gasteiger partial charge in [0.15, 0.2) is 23.0 Å². The van der Waals surface area contributed by atoms with E-state index in [-0.39, 0.29) is 25.3 Å². The van der Waals surface area contributed by atoms with E-state index < -0.39 is 54.4 Å². The number of carbonyl (C=O) groups is 2. The van der Waals surface area contributed by atoms with Crippen LogP contribution in [0.2, 0.25) is 0 Å². The van der Waals surface area contributed by atoms with Gasteiger partial charge in [0, 0.05) is 6.92 Å². The van der Waals surface area contributed by atoms with Gasteiger partial charge in [-0.1, -0.05) is 5.21 Å². The van der Waals surface area contributed by atoms with Gasteiger partial charge < -0.3 is 23.6 Å². The average Bonchev–Trinajstić information content (AvgIpc) is 3.38. The zero-order chi connectivity index (χ0) is 25.0. The van der Waals surface area contributed by atoms with Crippen molar-refractivity contribution in [1.82, 2.24) is 24.8 Å². The molecule has 0 bridgehead atoms. The Kier molecular flexibility index (Phi) is 7.78. The maximum Gasteiger partial charge on any atom is 0.366 e. The second kappa shape index (κ2) is 10.4. The Hall–Kier alpha value is -3.18. The molecular weight excluding hydrogens is 475 g/mol. The molecule has 34 heavy (non-hydrogen) atoms. The van der Waals surface area contributed by atoms with Crippen LogP contribution in [0, 0.1) is 11.3 Å². The van der Waals surface area contributed by atoms with E-state index in [1.807, 2.05) is 0 Å². The summed E-state index contributed by atoms with van der Waals surface area (Å²) in [6.45, 7) is 3.94. The predicted octanol–water partition coefficient (Wildman–Crippen LogP) is 0.950. The molecule has 0 spiro atoms. The highest BCUT2D eigenvalue weighted by molar-refractivity contribution is 7.55. The van der Waals surface area contributed by atoms with Gasteiger partial charge in [0.25, 0.3) is 11.3 Å². The fraction of sp³-hybridized carbons (Fsp3) is 0.611. The molecule has 16 heteroatoms. The standard InChI is InChI=1S/C18H23N6O9P/c1-4-31-34(29,32-5-2)17(18(27)28)24-15-14(12(8-19)21-24)20-22-23(16(15)26)13-7-6-11(33-13)9-30-10(3)25/h11,13,17H,4-7,9H2,1-3H3,(H,27,28). The van der Waals surface area contributed by atoms with Crippen LogP contribution in [-0.4, -0.2) is 67.7 Å². The third-order valence-corrected chi connectivity index (χ3v) is 7.12. The van der Waals surface area contributed by atoms with Gasteiger partial charge >= 0.3 is 19.5 Å². The molecule has 1 fully saturated rings. The van der Waals surface area contributed by atoms with Gasteiger partial charge in [0.1, 0.15) is 12.7 Å². The smallest absolute Gasteiger partial charge is 0.366 e. The van der Waals surface area contributed by atoms with Crippen LogP contribution in [0.5, 0.6) is 0 Å². The molecule has 1 saturated heterocycles. The molecule has 1 aliphatic rings. The summed E-state index contributed by atoms with van der Waals surface area (Å²) in [6.07, 6.45) is -0.605. The molecule has 3 atom stereocenters. The highest BCUT2D eigenvalue weighted by Crippen LogP contribution is 2.59.